The summed E-state index contributed by atoms with van der Waals surface area (Å²) in [5.41, 5.74) is 12.7. The average Bonchev–Trinajstić information content (AvgIpc) is 2.16. The van der Waals surface area contributed by atoms with E-state index >= 15 is 0 Å². The highest BCUT2D eigenvalue weighted by molar-refractivity contribution is 5.47. The minimum atomic E-state index is -0.661. The van der Waals surface area contributed by atoms with E-state index in [1.165, 1.54) is 0 Å². The Morgan fingerprint density at radius 3 is 2.54 bits per heavy atom. The van der Waals surface area contributed by atoms with Crippen molar-refractivity contribution in [2.24, 2.45) is 5.73 Å². The summed E-state index contributed by atoms with van der Waals surface area (Å²) in [4.78, 5) is 0. The van der Waals surface area contributed by atoms with Crippen LogP contribution in [0.25, 0.3) is 0 Å². The summed E-state index contributed by atoms with van der Waals surface area (Å²) in [6, 6.07) is 7.00. The molecule has 0 amide bonds. The topological polar surface area (TPSA) is 72.3 Å². The fourth-order valence-electron chi connectivity index (χ4n) is 1.23. The van der Waals surface area contributed by atoms with E-state index in [1.54, 1.807) is 12.1 Å². The zero-order valence-corrected chi connectivity index (χ0v) is 7.77. The van der Waals surface area contributed by atoms with Crippen molar-refractivity contribution in [2.45, 2.75) is 25.5 Å². The van der Waals surface area contributed by atoms with Gasteiger partial charge in [0.1, 0.15) is 0 Å². The van der Waals surface area contributed by atoms with Gasteiger partial charge in [-0.25, -0.2) is 0 Å². The van der Waals surface area contributed by atoms with E-state index in [4.69, 9.17) is 11.5 Å². The molecule has 0 aliphatic rings. The first-order chi connectivity index (χ1) is 6.16. The van der Waals surface area contributed by atoms with Crippen molar-refractivity contribution in [1.29, 1.82) is 0 Å². The van der Waals surface area contributed by atoms with Crippen molar-refractivity contribution in [3.8, 4) is 0 Å². The van der Waals surface area contributed by atoms with Crippen molar-refractivity contribution in [3.63, 3.8) is 0 Å². The van der Waals surface area contributed by atoms with E-state index in [0.717, 1.165) is 12.0 Å². The highest BCUT2D eigenvalue weighted by Gasteiger charge is 2.16. The van der Waals surface area contributed by atoms with Gasteiger partial charge in [-0.2, -0.15) is 0 Å². The van der Waals surface area contributed by atoms with Crippen LogP contribution in [0, 0.1) is 0 Å². The molecule has 0 aliphatic carbocycles. The van der Waals surface area contributed by atoms with E-state index < -0.39 is 6.10 Å². The van der Waals surface area contributed by atoms with Crippen molar-refractivity contribution in [2.75, 3.05) is 5.73 Å². The second-order valence-corrected chi connectivity index (χ2v) is 3.15. The smallest absolute Gasteiger partial charge is 0.0960 e. The molecule has 0 fully saturated rings. The Kier molecular flexibility index (Phi) is 3.28. The number of nitrogen functional groups attached to an aromatic ring is 1. The van der Waals surface area contributed by atoms with E-state index in [1.807, 2.05) is 19.1 Å². The summed E-state index contributed by atoms with van der Waals surface area (Å²) in [5.74, 6) is 0. The number of anilines is 1. The largest absolute Gasteiger partial charge is 0.398 e. The molecule has 13 heavy (non-hydrogen) atoms. The maximum atomic E-state index is 9.76. The second-order valence-electron chi connectivity index (χ2n) is 3.15. The zero-order chi connectivity index (χ0) is 9.84. The molecule has 0 saturated carbocycles. The number of hydrogen-bond acceptors (Lipinski definition) is 3. The lowest BCUT2D eigenvalue weighted by Gasteiger charge is -2.18. The Balaban J connectivity index is 2.88. The second kappa shape index (κ2) is 4.25. The molecule has 5 N–H and O–H groups in total. The van der Waals surface area contributed by atoms with Crippen LogP contribution in [0.4, 0.5) is 5.69 Å². The van der Waals surface area contributed by atoms with Gasteiger partial charge in [0.05, 0.1) is 6.10 Å². The van der Waals surface area contributed by atoms with Crippen LogP contribution in [-0.4, -0.2) is 11.1 Å². The Morgan fingerprint density at radius 2 is 2.00 bits per heavy atom. The Bertz CT molecular complexity index is 275. The van der Waals surface area contributed by atoms with E-state index in [-0.39, 0.29) is 6.04 Å². The van der Waals surface area contributed by atoms with E-state index in [0.29, 0.717) is 5.69 Å². The summed E-state index contributed by atoms with van der Waals surface area (Å²) in [6.07, 6.45) is 0.0707. The number of aliphatic hydroxyl groups excluding tert-OH is 1. The molecule has 1 aromatic rings. The van der Waals surface area contributed by atoms with Crippen LogP contribution in [0.1, 0.15) is 25.0 Å². The van der Waals surface area contributed by atoms with Crippen molar-refractivity contribution in [3.05, 3.63) is 29.8 Å². The first kappa shape index (κ1) is 10.0. The quantitative estimate of drug-likeness (QED) is 0.608. The van der Waals surface area contributed by atoms with Crippen LogP contribution in [0.2, 0.25) is 0 Å². The minimum Gasteiger partial charge on any atom is -0.398 e. The summed E-state index contributed by atoms with van der Waals surface area (Å²) < 4.78 is 0. The SMILES string of the molecule is CC[C@H](N)[C@H](O)c1ccccc1N. The summed E-state index contributed by atoms with van der Waals surface area (Å²) >= 11 is 0. The zero-order valence-electron chi connectivity index (χ0n) is 7.77. The Labute approximate surface area is 78.4 Å². The lowest BCUT2D eigenvalue weighted by Crippen LogP contribution is -2.27. The van der Waals surface area contributed by atoms with E-state index in [9.17, 15) is 5.11 Å². The van der Waals surface area contributed by atoms with Crippen LogP contribution < -0.4 is 11.5 Å². The summed E-state index contributed by atoms with van der Waals surface area (Å²) in [7, 11) is 0. The Morgan fingerprint density at radius 1 is 1.38 bits per heavy atom. The summed E-state index contributed by atoms with van der Waals surface area (Å²) in [6.45, 7) is 1.94. The third-order valence-corrected chi connectivity index (χ3v) is 2.19. The van der Waals surface area contributed by atoms with Gasteiger partial charge in [0.2, 0.25) is 0 Å². The van der Waals surface area contributed by atoms with Crippen LogP contribution in [-0.2, 0) is 0 Å². The van der Waals surface area contributed by atoms with Gasteiger partial charge in [0, 0.05) is 17.3 Å². The molecular weight excluding hydrogens is 164 g/mol. The maximum absolute atomic E-state index is 9.76. The standard InChI is InChI=1S/C10H16N2O/c1-2-8(11)10(13)7-5-3-4-6-9(7)12/h3-6,8,10,13H,2,11-12H2,1H3/t8-,10+/m0/s1. The van der Waals surface area contributed by atoms with Gasteiger partial charge in [-0.1, -0.05) is 25.1 Å². The highest BCUT2D eigenvalue weighted by Crippen LogP contribution is 2.22. The van der Waals surface area contributed by atoms with Crippen LogP contribution in [0.3, 0.4) is 0 Å². The molecule has 1 rings (SSSR count). The number of benzene rings is 1. The molecule has 0 bridgehead atoms. The predicted octanol–water partition coefficient (Wildman–Crippen LogP) is 1.04. The van der Waals surface area contributed by atoms with Gasteiger partial charge in [-0.15, -0.1) is 0 Å². The number of para-hydroxylation sites is 1. The van der Waals surface area contributed by atoms with Crippen LogP contribution >= 0.6 is 0 Å². The van der Waals surface area contributed by atoms with E-state index in [2.05, 4.69) is 0 Å². The molecule has 72 valence electrons. The first-order valence-corrected chi connectivity index (χ1v) is 4.44. The molecule has 0 radical (unpaired) electrons. The Hall–Kier alpha value is -1.06. The maximum Gasteiger partial charge on any atom is 0.0960 e. The van der Waals surface area contributed by atoms with Gasteiger partial charge < -0.3 is 16.6 Å². The van der Waals surface area contributed by atoms with Crippen molar-refractivity contribution in [1.82, 2.24) is 0 Å². The van der Waals surface area contributed by atoms with Gasteiger partial charge in [-0.05, 0) is 12.5 Å². The molecular formula is C10H16N2O. The average molecular weight is 180 g/mol. The van der Waals surface area contributed by atoms with Crippen molar-refractivity contribution < 1.29 is 5.11 Å². The molecule has 0 saturated heterocycles. The molecule has 0 aromatic heterocycles. The van der Waals surface area contributed by atoms with Gasteiger partial charge in [0.15, 0.2) is 0 Å². The fourth-order valence-corrected chi connectivity index (χ4v) is 1.23. The lowest BCUT2D eigenvalue weighted by atomic mass is 10.00. The molecule has 3 heteroatoms. The van der Waals surface area contributed by atoms with Crippen LogP contribution in [0.15, 0.2) is 24.3 Å². The van der Waals surface area contributed by atoms with Gasteiger partial charge in [0.25, 0.3) is 0 Å². The molecule has 0 heterocycles. The number of rotatable bonds is 3. The molecule has 2 atom stereocenters. The lowest BCUT2D eigenvalue weighted by molar-refractivity contribution is 0.145. The van der Waals surface area contributed by atoms with Gasteiger partial charge >= 0.3 is 0 Å². The molecule has 0 aliphatic heterocycles. The highest BCUT2D eigenvalue weighted by atomic mass is 16.3. The minimum absolute atomic E-state index is 0.246. The monoisotopic (exact) mass is 180 g/mol. The molecule has 0 spiro atoms. The predicted molar refractivity (Wildman–Crippen MR) is 54.1 cm³/mol. The van der Waals surface area contributed by atoms with Gasteiger partial charge in [-0.3, -0.25) is 0 Å². The molecule has 3 nitrogen and oxygen atoms in total. The normalized spacial score (nSPS) is 15.3. The molecule has 0 unspecified atom stereocenters. The first-order valence-electron chi connectivity index (χ1n) is 4.44. The number of aliphatic hydroxyl groups is 1. The number of nitrogens with two attached hydrogens (primary N) is 2. The van der Waals surface area contributed by atoms with Crippen molar-refractivity contribution >= 4 is 5.69 Å². The summed E-state index contributed by atoms with van der Waals surface area (Å²) in [5, 5.41) is 9.76. The number of hydrogen-bond donors (Lipinski definition) is 3. The molecule has 1 aromatic carbocycles. The van der Waals surface area contributed by atoms with Crippen LogP contribution in [0.5, 0.6) is 0 Å². The third kappa shape index (κ3) is 2.20. The third-order valence-electron chi connectivity index (χ3n) is 2.19. The fraction of sp³-hybridized carbons (Fsp3) is 0.400.